The molecule has 3 rings (SSSR count). The fraction of sp³-hybridized carbons (Fsp3) is 0.333. The smallest absolute Gasteiger partial charge is 0.270 e. The van der Waals surface area contributed by atoms with Crippen LogP contribution in [0.5, 0.6) is 17.2 Å². The number of nitro benzene ring substituents is 1. The van der Waals surface area contributed by atoms with E-state index in [1.165, 1.54) is 18.2 Å². The van der Waals surface area contributed by atoms with E-state index < -0.39 is 4.92 Å². The van der Waals surface area contributed by atoms with Crippen molar-refractivity contribution in [2.75, 3.05) is 33.3 Å². The van der Waals surface area contributed by atoms with Gasteiger partial charge < -0.3 is 19.3 Å². The van der Waals surface area contributed by atoms with Gasteiger partial charge in [-0.1, -0.05) is 6.92 Å². The van der Waals surface area contributed by atoms with Gasteiger partial charge in [-0.2, -0.15) is 0 Å². The van der Waals surface area contributed by atoms with E-state index in [0.717, 1.165) is 0 Å². The summed E-state index contributed by atoms with van der Waals surface area (Å²) in [6.45, 7) is 3.38. The average molecular weight is 413 g/mol. The largest absolute Gasteiger partial charge is 0.497 e. The highest BCUT2D eigenvalue weighted by Crippen LogP contribution is 2.31. The quantitative estimate of drug-likeness (QED) is 0.533. The van der Waals surface area contributed by atoms with E-state index >= 15 is 0 Å². The number of carbonyl (C=O) groups is 2. The zero-order chi connectivity index (χ0) is 21.7. The van der Waals surface area contributed by atoms with Crippen LogP contribution in [0.1, 0.15) is 23.7 Å². The lowest BCUT2D eigenvalue weighted by molar-refractivity contribution is -0.384. The Kier molecular flexibility index (Phi) is 6.51. The maximum atomic E-state index is 13.1. The van der Waals surface area contributed by atoms with Gasteiger partial charge in [0, 0.05) is 44.7 Å². The third-order valence-electron chi connectivity index (χ3n) is 4.91. The van der Waals surface area contributed by atoms with Crippen molar-refractivity contribution >= 4 is 17.5 Å². The second kappa shape index (κ2) is 9.25. The summed E-state index contributed by atoms with van der Waals surface area (Å²) < 4.78 is 11.0. The van der Waals surface area contributed by atoms with Gasteiger partial charge in [-0.05, 0) is 30.3 Å². The molecule has 0 aromatic heterocycles. The summed E-state index contributed by atoms with van der Waals surface area (Å²) >= 11 is 0. The maximum absolute atomic E-state index is 13.1. The van der Waals surface area contributed by atoms with Gasteiger partial charge in [-0.3, -0.25) is 19.7 Å². The van der Waals surface area contributed by atoms with Crippen molar-refractivity contribution in [2.24, 2.45) is 0 Å². The van der Waals surface area contributed by atoms with E-state index in [-0.39, 0.29) is 28.8 Å². The van der Waals surface area contributed by atoms with Gasteiger partial charge >= 0.3 is 0 Å². The molecule has 2 amide bonds. The lowest BCUT2D eigenvalue weighted by Gasteiger charge is -2.34. The zero-order valence-corrected chi connectivity index (χ0v) is 16.9. The Hall–Kier alpha value is -3.62. The molecule has 1 saturated heterocycles. The van der Waals surface area contributed by atoms with E-state index in [1.807, 2.05) is 0 Å². The van der Waals surface area contributed by atoms with Gasteiger partial charge in [0.25, 0.3) is 11.6 Å². The Morgan fingerprint density at radius 2 is 1.60 bits per heavy atom. The molecule has 0 saturated carbocycles. The summed E-state index contributed by atoms with van der Waals surface area (Å²) in [6.07, 6.45) is 0.415. The molecule has 1 aliphatic rings. The summed E-state index contributed by atoms with van der Waals surface area (Å²) in [5, 5.41) is 11.2. The van der Waals surface area contributed by atoms with Crippen LogP contribution in [0.4, 0.5) is 5.69 Å². The van der Waals surface area contributed by atoms with Gasteiger partial charge in [-0.15, -0.1) is 0 Å². The molecule has 0 radical (unpaired) electrons. The minimum atomic E-state index is -0.550. The van der Waals surface area contributed by atoms with Crippen LogP contribution >= 0.6 is 0 Å². The van der Waals surface area contributed by atoms with E-state index in [1.54, 1.807) is 48.1 Å². The van der Waals surface area contributed by atoms with Crippen molar-refractivity contribution in [3.05, 3.63) is 58.1 Å². The van der Waals surface area contributed by atoms with Gasteiger partial charge in [0.05, 0.1) is 17.6 Å². The van der Waals surface area contributed by atoms with E-state index in [9.17, 15) is 19.7 Å². The third kappa shape index (κ3) is 4.68. The molecule has 2 aromatic rings. The second-order valence-corrected chi connectivity index (χ2v) is 6.74. The van der Waals surface area contributed by atoms with Gasteiger partial charge in [-0.25, -0.2) is 0 Å². The highest BCUT2D eigenvalue weighted by atomic mass is 16.6. The fourth-order valence-corrected chi connectivity index (χ4v) is 3.21. The minimum absolute atomic E-state index is 0.0426. The molecule has 9 heteroatoms. The van der Waals surface area contributed by atoms with Crippen molar-refractivity contribution in [3.63, 3.8) is 0 Å². The Morgan fingerprint density at radius 3 is 2.17 bits per heavy atom. The predicted octanol–water partition coefficient (Wildman–Crippen LogP) is 3.09. The minimum Gasteiger partial charge on any atom is -0.497 e. The molecule has 0 N–H and O–H groups in total. The molecule has 0 bridgehead atoms. The molecular formula is C21H23N3O6. The predicted molar refractivity (Wildman–Crippen MR) is 109 cm³/mol. The Morgan fingerprint density at radius 1 is 1.00 bits per heavy atom. The summed E-state index contributed by atoms with van der Waals surface area (Å²) in [5.74, 6) is 1.02. The lowest BCUT2D eigenvalue weighted by Crippen LogP contribution is -2.50. The average Bonchev–Trinajstić information content (AvgIpc) is 2.78. The first kappa shape index (κ1) is 21.1. The third-order valence-corrected chi connectivity index (χ3v) is 4.91. The number of ether oxygens (including phenoxy) is 2. The molecule has 0 aliphatic carbocycles. The summed E-state index contributed by atoms with van der Waals surface area (Å²) in [5.41, 5.74) is -0.0875. The van der Waals surface area contributed by atoms with Crippen molar-refractivity contribution in [1.82, 2.24) is 9.80 Å². The van der Waals surface area contributed by atoms with Crippen molar-refractivity contribution < 1.29 is 24.0 Å². The number of methoxy groups -OCH3 is 1. The molecule has 1 heterocycles. The van der Waals surface area contributed by atoms with Crippen LogP contribution < -0.4 is 9.47 Å². The first-order chi connectivity index (χ1) is 14.4. The van der Waals surface area contributed by atoms with Crippen LogP contribution in [-0.4, -0.2) is 59.8 Å². The number of rotatable bonds is 6. The molecule has 0 spiro atoms. The number of hydrogen-bond acceptors (Lipinski definition) is 6. The molecule has 1 aliphatic heterocycles. The van der Waals surface area contributed by atoms with Gasteiger partial charge in [0.15, 0.2) is 0 Å². The van der Waals surface area contributed by atoms with Gasteiger partial charge in [0.2, 0.25) is 5.91 Å². The molecule has 158 valence electrons. The molecular weight excluding hydrogens is 390 g/mol. The van der Waals surface area contributed by atoms with E-state index in [0.29, 0.717) is 44.1 Å². The van der Waals surface area contributed by atoms with Crippen LogP contribution in [-0.2, 0) is 4.79 Å². The SMILES string of the molecule is CCC(=O)N1CCN(C(=O)c2cc([N+](=O)[O-])ccc2Oc2ccc(OC)cc2)CC1. The highest BCUT2D eigenvalue weighted by molar-refractivity contribution is 5.98. The van der Waals surface area contributed by atoms with Crippen molar-refractivity contribution in [3.8, 4) is 17.2 Å². The molecule has 1 fully saturated rings. The molecule has 30 heavy (non-hydrogen) atoms. The Labute approximate surface area is 173 Å². The Bertz CT molecular complexity index is 936. The number of nitro groups is 1. The van der Waals surface area contributed by atoms with Gasteiger partial charge in [0.1, 0.15) is 17.2 Å². The highest BCUT2D eigenvalue weighted by Gasteiger charge is 2.27. The normalized spacial score (nSPS) is 13.7. The van der Waals surface area contributed by atoms with Crippen molar-refractivity contribution in [1.29, 1.82) is 0 Å². The number of hydrogen-bond donors (Lipinski definition) is 0. The maximum Gasteiger partial charge on any atom is 0.270 e. The zero-order valence-electron chi connectivity index (χ0n) is 16.9. The number of carbonyl (C=O) groups excluding carboxylic acids is 2. The second-order valence-electron chi connectivity index (χ2n) is 6.74. The number of amides is 2. The Balaban J connectivity index is 1.84. The van der Waals surface area contributed by atoms with E-state index in [2.05, 4.69) is 0 Å². The first-order valence-corrected chi connectivity index (χ1v) is 9.60. The van der Waals surface area contributed by atoms with Crippen LogP contribution in [0, 0.1) is 10.1 Å². The number of piperazine rings is 1. The summed E-state index contributed by atoms with van der Waals surface area (Å²) in [7, 11) is 1.55. The molecule has 2 aromatic carbocycles. The van der Waals surface area contributed by atoms with E-state index in [4.69, 9.17) is 9.47 Å². The standard InChI is InChI=1S/C21H23N3O6/c1-3-20(25)22-10-12-23(13-11-22)21(26)18-14-15(24(27)28)4-9-19(18)30-17-7-5-16(29-2)6-8-17/h4-9,14H,3,10-13H2,1-2H3. The summed E-state index contributed by atoms with van der Waals surface area (Å²) in [6, 6.07) is 10.7. The van der Waals surface area contributed by atoms with Crippen LogP contribution in [0.25, 0.3) is 0 Å². The number of non-ortho nitro benzene ring substituents is 1. The van der Waals surface area contributed by atoms with Crippen molar-refractivity contribution in [2.45, 2.75) is 13.3 Å². The summed E-state index contributed by atoms with van der Waals surface area (Å²) in [4.78, 5) is 39.0. The fourth-order valence-electron chi connectivity index (χ4n) is 3.21. The van der Waals surface area contributed by atoms with Crippen LogP contribution in [0.3, 0.4) is 0 Å². The number of nitrogens with zero attached hydrogens (tertiary/aromatic N) is 3. The van der Waals surface area contributed by atoms with Crippen LogP contribution in [0.15, 0.2) is 42.5 Å². The topological polar surface area (TPSA) is 102 Å². The molecule has 9 nitrogen and oxygen atoms in total. The molecule has 0 atom stereocenters. The lowest BCUT2D eigenvalue weighted by atomic mass is 10.1. The monoisotopic (exact) mass is 413 g/mol. The van der Waals surface area contributed by atoms with Crippen LogP contribution in [0.2, 0.25) is 0 Å². The molecule has 0 unspecified atom stereocenters. The first-order valence-electron chi connectivity index (χ1n) is 9.60. The number of benzene rings is 2.